The van der Waals surface area contributed by atoms with E-state index in [2.05, 4.69) is 0 Å². The molecule has 0 unspecified atom stereocenters. The van der Waals surface area contributed by atoms with Crippen molar-refractivity contribution >= 4 is 5.78 Å². The number of methoxy groups -OCH3 is 1. The second-order valence-electron chi connectivity index (χ2n) is 3.83. The van der Waals surface area contributed by atoms with Crippen molar-refractivity contribution in [1.29, 1.82) is 0 Å². The fourth-order valence-corrected chi connectivity index (χ4v) is 1.52. The molecule has 0 saturated carbocycles. The van der Waals surface area contributed by atoms with Crippen molar-refractivity contribution in [2.45, 2.75) is 26.2 Å². The van der Waals surface area contributed by atoms with Crippen LogP contribution >= 0.6 is 0 Å². The van der Waals surface area contributed by atoms with E-state index in [1.54, 1.807) is 18.2 Å². The topological polar surface area (TPSA) is 46.5 Å². The third kappa shape index (κ3) is 4.31. The number of benzene rings is 1. The highest BCUT2D eigenvalue weighted by Crippen LogP contribution is 2.26. The Morgan fingerprint density at radius 2 is 2.24 bits per heavy atom. The largest absolute Gasteiger partial charge is 0.504 e. The highest BCUT2D eigenvalue weighted by Gasteiger charge is 2.01. The van der Waals surface area contributed by atoms with Crippen LogP contribution in [-0.2, 0) is 11.2 Å². The summed E-state index contributed by atoms with van der Waals surface area (Å²) in [5.41, 5.74) is 0.948. The predicted octanol–water partition coefficient (Wildman–Crippen LogP) is 2.87. The molecular weight excluding hydrogens is 216 g/mol. The number of phenols is 1. The van der Waals surface area contributed by atoms with Crippen LogP contribution in [0.2, 0.25) is 0 Å². The molecule has 0 spiro atoms. The van der Waals surface area contributed by atoms with Gasteiger partial charge in [0.15, 0.2) is 17.3 Å². The summed E-state index contributed by atoms with van der Waals surface area (Å²) in [6, 6.07) is 5.23. The van der Waals surface area contributed by atoms with Gasteiger partial charge in [0.1, 0.15) is 0 Å². The van der Waals surface area contributed by atoms with Gasteiger partial charge < -0.3 is 9.84 Å². The number of hydrogen-bond acceptors (Lipinski definition) is 3. The van der Waals surface area contributed by atoms with Gasteiger partial charge in [-0.2, -0.15) is 0 Å². The van der Waals surface area contributed by atoms with Crippen molar-refractivity contribution < 1.29 is 14.6 Å². The van der Waals surface area contributed by atoms with Crippen molar-refractivity contribution in [2.24, 2.45) is 0 Å². The van der Waals surface area contributed by atoms with Gasteiger partial charge in [0, 0.05) is 6.42 Å². The van der Waals surface area contributed by atoms with Gasteiger partial charge >= 0.3 is 0 Å². The maximum absolute atomic E-state index is 11.2. The van der Waals surface area contributed by atoms with Crippen molar-refractivity contribution in [3.8, 4) is 11.5 Å². The molecule has 1 aromatic rings. The number of phenolic OH excluding ortho intramolecular Hbond substituents is 1. The van der Waals surface area contributed by atoms with E-state index in [9.17, 15) is 9.90 Å². The number of allylic oxidation sites excluding steroid dienone is 2. The first kappa shape index (κ1) is 13.3. The second-order valence-corrected chi connectivity index (χ2v) is 3.83. The fourth-order valence-electron chi connectivity index (χ4n) is 1.52. The van der Waals surface area contributed by atoms with Crippen LogP contribution in [0, 0.1) is 0 Å². The Morgan fingerprint density at radius 1 is 1.47 bits per heavy atom. The summed E-state index contributed by atoms with van der Waals surface area (Å²) in [6.45, 7) is 1.98. The lowest BCUT2D eigenvalue weighted by molar-refractivity contribution is -0.114. The molecule has 3 heteroatoms. The quantitative estimate of drug-likeness (QED) is 0.770. The maximum atomic E-state index is 11.2. The van der Waals surface area contributed by atoms with Crippen LogP contribution in [0.25, 0.3) is 0 Å². The Kier molecular flexibility index (Phi) is 5.27. The molecule has 0 heterocycles. The first-order chi connectivity index (χ1) is 8.17. The summed E-state index contributed by atoms with van der Waals surface area (Å²) >= 11 is 0. The van der Waals surface area contributed by atoms with Crippen LogP contribution in [0.15, 0.2) is 30.4 Å². The van der Waals surface area contributed by atoms with E-state index in [4.69, 9.17) is 4.74 Å². The first-order valence-corrected chi connectivity index (χ1v) is 5.72. The van der Waals surface area contributed by atoms with Crippen LogP contribution in [0.4, 0.5) is 0 Å². The van der Waals surface area contributed by atoms with Crippen molar-refractivity contribution in [3.05, 3.63) is 35.9 Å². The van der Waals surface area contributed by atoms with Crippen LogP contribution in [0.1, 0.15) is 25.3 Å². The van der Waals surface area contributed by atoms with Crippen LogP contribution in [-0.4, -0.2) is 18.0 Å². The van der Waals surface area contributed by atoms with E-state index in [0.717, 1.165) is 12.0 Å². The molecule has 0 amide bonds. The van der Waals surface area contributed by atoms with Gasteiger partial charge in [0.2, 0.25) is 0 Å². The van der Waals surface area contributed by atoms with Crippen LogP contribution < -0.4 is 4.74 Å². The monoisotopic (exact) mass is 234 g/mol. The Hall–Kier alpha value is -1.77. The van der Waals surface area contributed by atoms with Gasteiger partial charge in [-0.25, -0.2) is 0 Å². The van der Waals surface area contributed by atoms with Gasteiger partial charge in [-0.1, -0.05) is 19.1 Å². The summed E-state index contributed by atoms with van der Waals surface area (Å²) in [5.74, 6) is 0.725. The molecular formula is C14H18O3. The molecule has 0 aliphatic rings. The second kappa shape index (κ2) is 6.74. The minimum atomic E-state index is 0.123. The summed E-state index contributed by atoms with van der Waals surface area (Å²) < 4.78 is 4.95. The molecule has 0 aliphatic carbocycles. The molecule has 1 rings (SSSR count). The molecule has 0 saturated heterocycles. The van der Waals surface area contributed by atoms with Gasteiger partial charge in [-0.15, -0.1) is 0 Å². The lowest BCUT2D eigenvalue weighted by Crippen LogP contribution is -1.91. The lowest BCUT2D eigenvalue weighted by Gasteiger charge is -2.04. The number of carbonyl (C=O) groups excluding carboxylic acids is 1. The molecule has 0 bridgehead atoms. The normalized spacial score (nSPS) is 10.7. The summed E-state index contributed by atoms with van der Waals surface area (Å²) in [6.07, 6.45) is 5.51. The van der Waals surface area contributed by atoms with E-state index in [0.29, 0.717) is 18.6 Å². The Morgan fingerprint density at radius 3 is 2.82 bits per heavy atom. The maximum Gasteiger partial charge on any atom is 0.160 e. The van der Waals surface area contributed by atoms with Crippen LogP contribution in [0.5, 0.6) is 11.5 Å². The van der Waals surface area contributed by atoms with E-state index in [1.165, 1.54) is 7.11 Å². The van der Waals surface area contributed by atoms with Gasteiger partial charge in [-0.3, -0.25) is 4.79 Å². The molecule has 1 N–H and O–H groups in total. The molecule has 3 nitrogen and oxygen atoms in total. The Labute approximate surface area is 102 Å². The zero-order valence-electron chi connectivity index (χ0n) is 10.3. The summed E-state index contributed by atoms with van der Waals surface area (Å²) in [5, 5.41) is 9.57. The standard InChI is InChI=1S/C14H18O3/c1-3-5-12(15)7-4-6-11-8-9-14(17-2)13(16)10-11/h4,7-10,16H,3,5-6H2,1-2H3. The molecule has 0 aliphatic heterocycles. The van der Waals surface area contributed by atoms with Gasteiger partial charge in [0.05, 0.1) is 7.11 Å². The molecule has 17 heavy (non-hydrogen) atoms. The highest BCUT2D eigenvalue weighted by molar-refractivity contribution is 5.89. The predicted molar refractivity (Wildman–Crippen MR) is 67.4 cm³/mol. The smallest absolute Gasteiger partial charge is 0.160 e. The summed E-state index contributed by atoms with van der Waals surface area (Å²) in [7, 11) is 1.51. The molecule has 92 valence electrons. The average Bonchev–Trinajstić information content (AvgIpc) is 2.29. The SMILES string of the molecule is CCCC(=O)C=CCc1ccc(OC)c(O)c1. The Balaban J connectivity index is 2.58. The van der Waals surface area contributed by atoms with E-state index >= 15 is 0 Å². The van der Waals surface area contributed by atoms with Crippen molar-refractivity contribution in [3.63, 3.8) is 0 Å². The van der Waals surface area contributed by atoms with E-state index in [1.807, 2.05) is 19.1 Å². The minimum Gasteiger partial charge on any atom is -0.504 e. The third-order valence-electron chi connectivity index (χ3n) is 2.40. The summed E-state index contributed by atoms with van der Waals surface area (Å²) in [4.78, 5) is 11.2. The number of aromatic hydroxyl groups is 1. The third-order valence-corrected chi connectivity index (χ3v) is 2.40. The van der Waals surface area contributed by atoms with E-state index < -0.39 is 0 Å². The highest BCUT2D eigenvalue weighted by atomic mass is 16.5. The van der Waals surface area contributed by atoms with E-state index in [-0.39, 0.29) is 11.5 Å². The number of ether oxygens (including phenoxy) is 1. The average molecular weight is 234 g/mol. The number of rotatable bonds is 6. The zero-order valence-corrected chi connectivity index (χ0v) is 10.3. The molecule has 0 radical (unpaired) electrons. The first-order valence-electron chi connectivity index (χ1n) is 5.72. The molecule has 0 atom stereocenters. The molecule has 1 aromatic carbocycles. The van der Waals surface area contributed by atoms with Crippen LogP contribution in [0.3, 0.4) is 0 Å². The number of hydrogen-bond donors (Lipinski definition) is 1. The van der Waals surface area contributed by atoms with Crippen molar-refractivity contribution in [2.75, 3.05) is 7.11 Å². The van der Waals surface area contributed by atoms with Crippen molar-refractivity contribution in [1.82, 2.24) is 0 Å². The Bertz CT molecular complexity index is 408. The zero-order chi connectivity index (χ0) is 12.7. The number of ketones is 1. The molecule has 0 aromatic heterocycles. The number of carbonyl (C=O) groups is 1. The lowest BCUT2D eigenvalue weighted by atomic mass is 10.1. The minimum absolute atomic E-state index is 0.123. The molecule has 0 fully saturated rings. The van der Waals surface area contributed by atoms with Gasteiger partial charge in [0.25, 0.3) is 0 Å². The fraction of sp³-hybridized carbons (Fsp3) is 0.357. The van der Waals surface area contributed by atoms with Gasteiger partial charge in [-0.05, 0) is 36.6 Å².